The highest BCUT2D eigenvalue weighted by Crippen LogP contribution is 2.39. The Bertz CT molecular complexity index is 866. The first-order valence-corrected chi connectivity index (χ1v) is 9.68. The Labute approximate surface area is 153 Å². The number of ether oxygens (including phenoxy) is 1. The summed E-state index contributed by atoms with van der Waals surface area (Å²) in [5.41, 5.74) is 1.14. The first-order chi connectivity index (χ1) is 12.1. The zero-order chi connectivity index (χ0) is 17.8. The van der Waals surface area contributed by atoms with Gasteiger partial charge in [0.15, 0.2) is 4.90 Å². The summed E-state index contributed by atoms with van der Waals surface area (Å²) in [4.78, 5) is 1.64. The van der Waals surface area contributed by atoms with Crippen molar-refractivity contribution in [3.63, 3.8) is 0 Å². The van der Waals surface area contributed by atoms with Crippen LogP contribution in [0.2, 0.25) is 0 Å². The molecule has 0 aliphatic heterocycles. The van der Waals surface area contributed by atoms with Crippen LogP contribution in [0.5, 0.6) is 5.75 Å². The second kappa shape index (κ2) is 8.01. The second-order valence-corrected chi connectivity index (χ2v) is 8.18. The average Bonchev–Trinajstić information content (AvgIpc) is 3.05. The van der Waals surface area contributed by atoms with Crippen LogP contribution in [-0.2, 0) is 17.7 Å². The van der Waals surface area contributed by atoms with E-state index in [0.717, 1.165) is 4.88 Å². The van der Waals surface area contributed by atoms with E-state index in [1.54, 1.807) is 49.6 Å². The molecule has 1 aromatic heterocycles. The second-order valence-electron chi connectivity index (χ2n) is 5.37. The van der Waals surface area contributed by atoms with Crippen molar-refractivity contribution in [2.45, 2.75) is 15.6 Å². The van der Waals surface area contributed by atoms with Crippen molar-refractivity contribution in [1.29, 1.82) is 0 Å². The van der Waals surface area contributed by atoms with E-state index in [2.05, 4.69) is 5.32 Å². The molecule has 1 heterocycles. The topological polar surface area (TPSA) is 44.3 Å². The first-order valence-electron chi connectivity index (χ1n) is 7.72. The smallest absolute Gasteiger partial charge is 0.220 e. The van der Waals surface area contributed by atoms with Gasteiger partial charge in [0.25, 0.3) is 0 Å². The van der Waals surface area contributed by atoms with E-state index in [0.29, 0.717) is 32.5 Å². The molecule has 3 rings (SSSR count). The summed E-state index contributed by atoms with van der Waals surface area (Å²) in [6, 6.07) is 15.6. The zero-order valence-corrected chi connectivity index (χ0v) is 15.5. The van der Waals surface area contributed by atoms with Crippen molar-refractivity contribution in [3.8, 4) is 16.9 Å². The molecule has 25 heavy (non-hydrogen) atoms. The van der Waals surface area contributed by atoms with Gasteiger partial charge < -0.3 is 14.6 Å². The minimum Gasteiger partial charge on any atom is -0.606 e. The molecule has 0 fully saturated rings. The van der Waals surface area contributed by atoms with Gasteiger partial charge in [0, 0.05) is 34.2 Å². The molecule has 0 saturated carbocycles. The number of thiophene rings is 1. The van der Waals surface area contributed by atoms with Crippen molar-refractivity contribution in [2.24, 2.45) is 0 Å². The standard InChI is InChI=1S/C19H18FNO2S2/c1-21-12-14-11-17(16-8-3-4-9-18(16)20)19(24-14)25(22)15-7-5-6-13(10-15)23-2/h3-11,21H,12H2,1-2H3. The first kappa shape index (κ1) is 17.9. The Morgan fingerprint density at radius 2 is 1.92 bits per heavy atom. The quantitative estimate of drug-likeness (QED) is 0.648. The van der Waals surface area contributed by atoms with Crippen molar-refractivity contribution in [3.05, 3.63) is 65.3 Å². The number of benzene rings is 2. The lowest BCUT2D eigenvalue weighted by atomic mass is 10.1. The molecule has 0 spiro atoms. The van der Waals surface area contributed by atoms with Crippen molar-refractivity contribution in [2.75, 3.05) is 14.2 Å². The van der Waals surface area contributed by atoms with Gasteiger partial charge in [-0.25, -0.2) is 4.39 Å². The molecular weight excluding hydrogens is 357 g/mol. The number of rotatable bonds is 6. The van der Waals surface area contributed by atoms with Crippen LogP contribution < -0.4 is 10.1 Å². The van der Waals surface area contributed by atoms with Crippen LogP contribution in [0, 0.1) is 5.82 Å². The SMILES string of the molecule is CNCc1cc(-c2ccccc2F)c([S+]([O-])c2cccc(OC)c2)s1. The van der Waals surface area contributed by atoms with Crippen LogP contribution in [0.15, 0.2) is 63.7 Å². The fraction of sp³-hybridized carbons (Fsp3) is 0.158. The van der Waals surface area contributed by atoms with Gasteiger partial charge in [-0.1, -0.05) is 35.6 Å². The van der Waals surface area contributed by atoms with E-state index in [4.69, 9.17) is 4.74 Å². The van der Waals surface area contributed by atoms with Gasteiger partial charge in [-0.15, -0.1) is 0 Å². The number of methoxy groups -OCH3 is 1. The maximum Gasteiger partial charge on any atom is 0.220 e. The van der Waals surface area contributed by atoms with Crippen LogP contribution >= 0.6 is 11.3 Å². The lowest BCUT2D eigenvalue weighted by molar-refractivity contribution is 0.413. The predicted octanol–water partition coefficient (Wildman–Crippen LogP) is 4.45. The van der Waals surface area contributed by atoms with Crippen LogP contribution in [0.4, 0.5) is 4.39 Å². The Hall–Kier alpha value is -1.86. The van der Waals surface area contributed by atoms with E-state index < -0.39 is 11.2 Å². The molecule has 0 bridgehead atoms. The predicted molar refractivity (Wildman–Crippen MR) is 100 cm³/mol. The van der Waals surface area contributed by atoms with Gasteiger partial charge in [-0.05, 0) is 31.3 Å². The van der Waals surface area contributed by atoms with Gasteiger partial charge in [-0.3, -0.25) is 0 Å². The summed E-state index contributed by atoms with van der Waals surface area (Å²) in [6.07, 6.45) is 0. The lowest BCUT2D eigenvalue weighted by Crippen LogP contribution is -2.03. The molecule has 3 aromatic rings. The molecule has 1 atom stereocenters. The third-order valence-electron chi connectivity index (χ3n) is 3.69. The third kappa shape index (κ3) is 3.88. The zero-order valence-electron chi connectivity index (χ0n) is 13.9. The van der Waals surface area contributed by atoms with Gasteiger partial charge >= 0.3 is 0 Å². The number of hydrogen-bond acceptors (Lipinski definition) is 4. The molecule has 1 unspecified atom stereocenters. The Kier molecular flexibility index (Phi) is 5.75. The van der Waals surface area contributed by atoms with Crippen molar-refractivity contribution in [1.82, 2.24) is 5.32 Å². The monoisotopic (exact) mass is 375 g/mol. The van der Waals surface area contributed by atoms with E-state index in [9.17, 15) is 8.94 Å². The largest absolute Gasteiger partial charge is 0.606 e. The van der Waals surface area contributed by atoms with Gasteiger partial charge in [-0.2, -0.15) is 0 Å². The highest BCUT2D eigenvalue weighted by molar-refractivity contribution is 7.93. The molecule has 6 heteroatoms. The maximum atomic E-state index is 14.3. The molecule has 2 aromatic carbocycles. The Balaban J connectivity index is 2.09. The number of nitrogens with one attached hydrogen (secondary N) is 1. The Morgan fingerprint density at radius 3 is 2.64 bits per heavy atom. The Morgan fingerprint density at radius 1 is 1.12 bits per heavy atom. The average molecular weight is 375 g/mol. The molecule has 0 aliphatic rings. The van der Waals surface area contributed by atoms with E-state index >= 15 is 0 Å². The van der Waals surface area contributed by atoms with Gasteiger partial charge in [0.05, 0.1) is 12.7 Å². The lowest BCUT2D eigenvalue weighted by Gasteiger charge is -2.11. The molecule has 1 N–H and O–H groups in total. The summed E-state index contributed by atoms with van der Waals surface area (Å²) in [6.45, 7) is 0.640. The molecule has 0 saturated heterocycles. The maximum absolute atomic E-state index is 14.3. The fourth-order valence-electron chi connectivity index (χ4n) is 2.51. The summed E-state index contributed by atoms with van der Waals surface area (Å²) in [5, 5.41) is 3.09. The summed E-state index contributed by atoms with van der Waals surface area (Å²) >= 11 is 0.0162. The van der Waals surface area contributed by atoms with Gasteiger partial charge in [0.1, 0.15) is 11.6 Å². The highest BCUT2D eigenvalue weighted by atomic mass is 32.2. The molecular formula is C19H18FNO2S2. The molecule has 130 valence electrons. The summed E-state index contributed by atoms with van der Waals surface area (Å²) in [5.74, 6) is 0.325. The fourth-order valence-corrected chi connectivity index (χ4v) is 5.34. The van der Waals surface area contributed by atoms with Crippen LogP contribution in [0.25, 0.3) is 11.1 Å². The van der Waals surface area contributed by atoms with Gasteiger partial charge in [0.2, 0.25) is 4.21 Å². The van der Waals surface area contributed by atoms with Crippen LogP contribution in [-0.4, -0.2) is 18.7 Å². The third-order valence-corrected chi connectivity index (χ3v) is 6.56. The molecule has 0 aliphatic carbocycles. The number of hydrogen-bond donors (Lipinski definition) is 1. The van der Waals surface area contributed by atoms with E-state index in [-0.39, 0.29) is 5.82 Å². The van der Waals surface area contributed by atoms with E-state index in [1.165, 1.54) is 17.4 Å². The summed E-state index contributed by atoms with van der Waals surface area (Å²) in [7, 11) is 3.42. The molecule has 0 amide bonds. The van der Waals surface area contributed by atoms with Crippen molar-refractivity contribution >= 4 is 22.5 Å². The molecule has 0 radical (unpaired) electrons. The van der Waals surface area contributed by atoms with Crippen LogP contribution in [0.3, 0.4) is 0 Å². The minimum atomic E-state index is -1.42. The van der Waals surface area contributed by atoms with Crippen molar-refractivity contribution < 1.29 is 13.7 Å². The highest BCUT2D eigenvalue weighted by Gasteiger charge is 2.25. The minimum absolute atomic E-state index is 0.319. The summed E-state index contributed by atoms with van der Waals surface area (Å²) < 4.78 is 33.3. The normalized spacial score (nSPS) is 12.2. The number of halogens is 1. The van der Waals surface area contributed by atoms with E-state index in [1.807, 2.05) is 13.1 Å². The molecule has 3 nitrogen and oxygen atoms in total. The van der Waals surface area contributed by atoms with Crippen LogP contribution in [0.1, 0.15) is 4.88 Å².